The number of alkyl halides is 3. The van der Waals surface area contributed by atoms with Crippen molar-refractivity contribution in [3.63, 3.8) is 0 Å². The summed E-state index contributed by atoms with van der Waals surface area (Å²) in [6.45, 7) is 1.49. The molecular weight excluding hydrogens is 217 g/mol. The van der Waals surface area contributed by atoms with Crippen LogP contribution in [0.2, 0.25) is 0 Å². The van der Waals surface area contributed by atoms with Crippen molar-refractivity contribution < 1.29 is 18.3 Å². The summed E-state index contributed by atoms with van der Waals surface area (Å²) in [5.41, 5.74) is -0.0578. The van der Waals surface area contributed by atoms with Crippen LogP contribution in [0.3, 0.4) is 0 Å². The van der Waals surface area contributed by atoms with Gasteiger partial charge in [-0.3, -0.25) is 0 Å². The van der Waals surface area contributed by atoms with Crippen LogP contribution in [0.5, 0.6) is 0 Å². The molecule has 2 aliphatic carbocycles. The van der Waals surface area contributed by atoms with Crippen LogP contribution < -0.4 is 0 Å². The van der Waals surface area contributed by atoms with E-state index >= 15 is 0 Å². The second-order valence-electron chi connectivity index (χ2n) is 4.66. The van der Waals surface area contributed by atoms with E-state index < -0.39 is 17.9 Å². The topological polar surface area (TPSA) is 20.2 Å². The smallest absolute Gasteiger partial charge is 0.389 e. The lowest BCUT2D eigenvalue weighted by molar-refractivity contribution is -0.100. The van der Waals surface area contributed by atoms with Gasteiger partial charge in [-0.2, -0.15) is 13.2 Å². The molecule has 0 aromatic carbocycles. The lowest BCUT2D eigenvalue weighted by atomic mass is 9.83. The zero-order valence-electron chi connectivity index (χ0n) is 9.09. The number of aliphatic hydroxyl groups is 1. The van der Waals surface area contributed by atoms with E-state index in [9.17, 15) is 18.3 Å². The Balaban J connectivity index is 2.26. The van der Waals surface area contributed by atoms with Gasteiger partial charge in [0, 0.05) is 5.57 Å². The standard InChI is InChI=1S/C12H15F3O/c1-7(16)9-4-5-10(8-2-3-8)11(6-9)12(13,14)15/h4,6-8,10,16H,2-3,5H2,1H3. The summed E-state index contributed by atoms with van der Waals surface area (Å²) in [5, 5.41) is 9.32. The molecule has 4 heteroatoms. The second-order valence-corrected chi connectivity index (χ2v) is 4.66. The van der Waals surface area contributed by atoms with Gasteiger partial charge in [-0.25, -0.2) is 0 Å². The number of hydrogen-bond donors (Lipinski definition) is 1. The van der Waals surface area contributed by atoms with Crippen molar-refractivity contribution in [2.75, 3.05) is 0 Å². The van der Waals surface area contributed by atoms with E-state index in [0.29, 0.717) is 12.0 Å². The average molecular weight is 232 g/mol. The van der Waals surface area contributed by atoms with Crippen molar-refractivity contribution in [3.05, 3.63) is 23.3 Å². The highest BCUT2D eigenvalue weighted by Crippen LogP contribution is 2.49. The van der Waals surface area contributed by atoms with Gasteiger partial charge in [0.2, 0.25) is 0 Å². The molecule has 0 heterocycles. The molecule has 90 valence electrons. The van der Waals surface area contributed by atoms with Crippen molar-refractivity contribution >= 4 is 0 Å². The maximum Gasteiger partial charge on any atom is 0.412 e. The largest absolute Gasteiger partial charge is 0.412 e. The monoisotopic (exact) mass is 232 g/mol. The molecule has 1 saturated carbocycles. The number of halogens is 3. The van der Waals surface area contributed by atoms with Crippen LogP contribution in [0.1, 0.15) is 26.2 Å². The predicted molar refractivity (Wildman–Crippen MR) is 54.7 cm³/mol. The lowest BCUT2D eigenvalue weighted by Crippen LogP contribution is -2.25. The summed E-state index contributed by atoms with van der Waals surface area (Å²) in [4.78, 5) is 0. The lowest BCUT2D eigenvalue weighted by Gasteiger charge is -2.26. The van der Waals surface area contributed by atoms with Crippen LogP contribution in [-0.2, 0) is 0 Å². The maximum atomic E-state index is 12.8. The number of rotatable bonds is 2. The first-order chi connectivity index (χ1) is 7.39. The normalized spacial score (nSPS) is 28.4. The molecule has 0 saturated heterocycles. The second kappa shape index (κ2) is 3.91. The molecule has 0 amide bonds. The summed E-state index contributed by atoms with van der Waals surface area (Å²) in [5.74, 6) is -0.192. The fraction of sp³-hybridized carbons (Fsp3) is 0.667. The fourth-order valence-corrected chi connectivity index (χ4v) is 2.26. The van der Waals surface area contributed by atoms with Gasteiger partial charge >= 0.3 is 6.18 Å². The summed E-state index contributed by atoms with van der Waals surface area (Å²) < 4.78 is 38.5. The molecule has 0 radical (unpaired) electrons. The van der Waals surface area contributed by atoms with E-state index in [1.165, 1.54) is 6.92 Å². The molecule has 2 unspecified atom stereocenters. The zero-order valence-corrected chi connectivity index (χ0v) is 9.09. The van der Waals surface area contributed by atoms with Crippen LogP contribution >= 0.6 is 0 Å². The zero-order chi connectivity index (χ0) is 11.9. The number of hydrogen-bond acceptors (Lipinski definition) is 1. The number of allylic oxidation sites excluding steroid dienone is 2. The Labute approximate surface area is 92.7 Å². The maximum absolute atomic E-state index is 12.8. The molecule has 2 atom stereocenters. The third kappa shape index (κ3) is 2.32. The molecule has 0 aliphatic heterocycles. The van der Waals surface area contributed by atoms with Crippen molar-refractivity contribution in [3.8, 4) is 0 Å². The van der Waals surface area contributed by atoms with Gasteiger partial charge in [0.05, 0.1) is 6.10 Å². The Bertz CT molecular complexity index is 335. The Kier molecular flexibility index (Phi) is 2.86. The first-order valence-electron chi connectivity index (χ1n) is 5.56. The van der Waals surface area contributed by atoms with Crippen LogP contribution in [0.25, 0.3) is 0 Å². The SMILES string of the molecule is CC(O)C1=CCC(C2CC2)C(C(F)(F)F)=C1. The summed E-state index contributed by atoms with van der Waals surface area (Å²) >= 11 is 0. The first-order valence-corrected chi connectivity index (χ1v) is 5.56. The molecule has 1 fully saturated rings. The fourth-order valence-electron chi connectivity index (χ4n) is 2.26. The van der Waals surface area contributed by atoms with Gasteiger partial charge in [-0.05, 0) is 49.7 Å². The van der Waals surface area contributed by atoms with Crippen LogP contribution in [0.4, 0.5) is 13.2 Å². The third-order valence-electron chi connectivity index (χ3n) is 3.33. The molecule has 1 nitrogen and oxygen atoms in total. The Morgan fingerprint density at radius 2 is 2.00 bits per heavy atom. The molecule has 2 aliphatic rings. The van der Waals surface area contributed by atoms with E-state index in [0.717, 1.165) is 18.9 Å². The molecule has 1 N–H and O–H groups in total. The minimum atomic E-state index is -4.26. The summed E-state index contributed by atoms with van der Waals surface area (Å²) in [7, 11) is 0. The summed E-state index contributed by atoms with van der Waals surface area (Å²) in [6.07, 6.45) is 0.00148. The molecule has 2 rings (SSSR count). The molecule has 0 spiro atoms. The Morgan fingerprint density at radius 3 is 2.44 bits per heavy atom. The van der Waals surface area contributed by atoms with Crippen LogP contribution in [-0.4, -0.2) is 17.4 Å². The van der Waals surface area contributed by atoms with Crippen molar-refractivity contribution in [1.29, 1.82) is 0 Å². The highest BCUT2D eigenvalue weighted by Gasteiger charge is 2.45. The molecule has 16 heavy (non-hydrogen) atoms. The van der Waals surface area contributed by atoms with Gasteiger partial charge in [-0.15, -0.1) is 0 Å². The van der Waals surface area contributed by atoms with Crippen molar-refractivity contribution in [1.82, 2.24) is 0 Å². The first kappa shape index (κ1) is 11.7. The van der Waals surface area contributed by atoms with E-state index in [4.69, 9.17) is 0 Å². The van der Waals surface area contributed by atoms with Gasteiger partial charge in [0.1, 0.15) is 0 Å². The van der Waals surface area contributed by atoms with E-state index in [1.807, 2.05) is 0 Å². The van der Waals surface area contributed by atoms with Gasteiger partial charge < -0.3 is 5.11 Å². The highest BCUT2D eigenvalue weighted by atomic mass is 19.4. The van der Waals surface area contributed by atoms with E-state index in [1.54, 1.807) is 6.08 Å². The van der Waals surface area contributed by atoms with Crippen LogP contribution in [0.15, 0.2) is 23.3 Å². The minimum Gasteiger partial charge on any atom is -0.389 e. The highest BCUT2D eigenvalue weighted by molar-refractivity contribution is 5.35. The van der Waals surface area contributed by atoms with Crippen molar-refractivity contribution in [2.24, 2.45) is 11.8 Å². The minimum absolute atomic E-state index is 0.194. The molecular formula is C12H15F3O. The molecule has 0 aromatic rings. The Hall–Kier alpha value is -0.770. The third-order valence-corrected chi connectivity index (χ3v) is 3.33. The van der Waals surface area contributed by atoms with E-state index in [-0.39, 0.29) is 11.8 Å². The van der Waals surface area contributed by atoms with Crippen molar-refractivity contribution in [2.45, 2.75) is 38.5 Å². The Morgan fingerprint density at radius 1 is 1.38 bits per heavy atom. The molecule has 0 aromatic heterocycles. The van der Waals surface area contributed by atoms with Gasteiger partial charge in [-0.1, -0.05) is 6.08 Å². The average Bonchev–Trinajstić information content (AvgIpc) is 2.98. The molecule has 0 bridgehead atoms. The summed E-state index contributed by atoms with van der Waals surface area (Å²) in [6, 6.07) is 0. The number of aliphatic hydroxyl groups excluding tert-OH is 1. The quantitative estimate of drug-likeness (QED) is 0.775. The van der Waals surface area contributed by atoms with Crippen LogP contribution in [0, 0.1) is 11.8 Å². The van der Waals surface area contributed by atoms with Gasteiger partial charge in [0.15, 0.2) is 0 Å². The van der Waals surface area contributed by atoms with Gasteiger partial charge in [0.25, 0.3) is 0 Å². The predicted octanol–water partition coefficient (Wildman–Crippen LogP) is 3.21. The van der Waals surface area contributed by atoms with E-state index in [2.05, 4.69) is 0 Å².